The third-order valence-corrected chi connectivity index (χ3v) is 3.83. The van der Waals surface area contributed by atoms with Crippen molar-refractivity contribution in [1.82, 2.24) is 15.3 Å². The fraction of sp³-hybridized carbons (Fsp3) is 0.200. The van der Waals surface area contributed by atoms with Gasteiger partial charge < -0.3 is 5.32 Å². The number of nitrogens with zero attached hydrogens (tertiary/aromatic N) is 2. The van der Waals surface area contributed by atoms with Gasteiger partial charge in [-0.1, -0.05) is 12.1 Å². The number of hydrogen-bond donors (Lipinski definition) is 1. The van der Waals surface area contributed by atoms with Crippen molar-refractivity contribution in [3.05, 3.63) is 58.3 Å². The Morgan fingerprint density at radius 1 is 1.16 bits per heavy atom. The topological polar surface area (TPSA) is 37.8 Å². The Bertz CT molecular complexity index is 690. The summed E-state index contributed by atoms with van der Waals surface area (Å²) in [6.07, 6.45) is 3.72. The van der Waals surface area contributed by atoms with Gasteiger partial charge in [-0.3, -0.25) is 4.98 Å². The summed E-state index contributed by atoms with van der Waals surface area (Å²) >= 11 is 1.69. The maximum atomic E-state index is 4.44. The number of hydrogen-bond acceptors (Lipinski definition) is 4. The van der Waals surface area contributed by atoms with Crippen LogP contribution in [0.4, 0.5) is 0 Å². The molecule has 3 aromatic rings. The number of aryl methyl sites for hydroxylation is 1. The lowest BCUT2D eigenvalue weighted by molar-refractivity contribution is 0.682. The summed E-state index contributed by atoms with van der Waals surface area (Å²) in [4.78, 5) is 8.56. The number of thiazole rings is 1. The van der Waals surface area contributed by atoms with E-state index in [1.54, 1.807) is 11.3 Å². The molecule has 3 nitrogen and oxygen atoms in total. The van der Waals surface area contributed by atoms with Crippen molar-refractivity contribution >= 4 is 22.1 Å². The van der Waals surface area contributed by atoms with Gasteiger partial charge in [-0.2, -0.15) is 0 Å². The van der Waals surface area contributed by atoms with Crippen LogP contribution in [0.1, 0.15) is 16.3 Å². The Kier molecular flexibility index (Phi) is 3.53. The molecule has 3 rings (SSSR count). The van der Waals surface area contributed by atoms with Crippen LogP contribution >= 0.6 is 11.3 Å². The van der Waals surface area contributed by atoms with E-state index in [0.29, 0.717) is 0 Å². The highest BCUT2D eigenvalue weighted by Gasteiger charge is 1.99. The fourth-order valence-corrected chi connectivity index (χ4v) is 2.68. The summed E-state index contributed by atoms with van der Waals surface area (Å²) in [6.45, 7) is 3.71. The standard InChI is InChI=1S/C15H15N3S/c1-11-18-15(10-19-11)9-17-7-12-2-3-14-8-16-5-4-13(14)6-12/h2-6,8,10,17H,7,9H2,1H3. The van der Waals surface area contributed by atoms with Crippen molar-refractivity contribution in [3.63, 3.8) is 0 Å². The van der Waals surface area contributed by atoms with Crippen LogP contribution in [0, 0.1) is 6.92 Å². The molecule has 0 fully saturated rings. The van der Waals surface area contributed by atoms with E-state index in [1.165, 1.54) is 16.3 Å². The van der Waals surface area contributed by atoms with Crippen LogP contribution < -0.4 is 5.32 Å². The molecule has 2 heterocycles. The summed E-state index contributed by atoms with van der Waals surface area (Å²) in [5.74, 6) is 0. The summed E-state index contributed by atoms with van der Waals surface area (Å²) in [5.41, 5.74) is 2.40. The molecule has 0 amide bonds. The molecule has 96 valence electrons. The molecule has 0 saturated carbocycles. The predicted octanol–water partition coefficient (Wildman–Crippen LogP) is 3.29. The van der Waals surface area contributed by atoms with E-state index in [4.69, 9.17) is 0 Å². The minimum Gasteiger partial charge on any atom is -0.307 e. The van der Waals surface area contributed by atoms with Gasteiger partial charge in [0.15, 0.2) is 0 Å². The van der Waals surface area contributed by atoms with E-state index >= 15 is 0 Å². The van der Waals surface area contributed by atoms with Gasteiger partial charge in [0.2, 0.25) is 0 Å². The Labute approximate surface area is 116 Å². The summed E-state index contributed by atoms with van der Waals surface area (Å²) in [7, 11) is 0. The number of rotatable bonds is 4. The Morgan fingerprint density at radius 2 is 2.11 bits per heavy atom. The minimum atomic E-state index is 0.818. The normalized spacial score (nSPS) is 11.0. The lowest BCUT2D eigenvalue weighted by Gasteiger charge is -2.05. The maximum absolute atomic E-state index is 4.44. The summed E-state index contributed by atoms with van der Waals surface area (Å²) < 4.78 is 0. The SMILES string of the molecule is Cc1nc(CNCc2ccc3cnccc3c2)cs1. The smallest absolute Gasteiger partial charge is 0.0897 e. The largest absolute Gasteiger partial charge is 0.307 e. The summed E-state index contributed by atoms with van der Waals surface area (Å²) in [5, 5.41) is 9.07. The van der Waals surface area contributed by atoms with Crippen LogP contribution in [0.25, 0.3) is 10.8 Å². The average Bonchev–Trinajstić information content (AvgIpc) is 2.84. The first kappa shape index (κ1) is 12.3. The minimum absolute atomic E-state index is 0.818. The maximum Gasteiger partial charge on any atom is 0.0897 e. The predicted molar refractivity (Wildman–Crippen MR) is 79.1 cm³/mol. The molecule has 4 heteroatoms. The first-order chi connectivity index (χ1) is 9.31. The Morgan fingerprint density at radius 3 is 2.95 bits per heavy atom. The highest BCUT2D eigenvalue weighted by atomic mass is 32.1. The third-order valence-electron chi connectivity index (χ3n) is 3.01. The van der Waals surface area contributed by atoms with E-state index in [2.05, 4.69) is 38.9 Å². The van der Waals surface area contributed by atoms with Crippen molar-refractivity contribution in [1.29, 1.82) is 0 Å². The molecular formula is C15H15N3S. The molecule has 19 heavy (non-hydrogen) atoms. The average molecular weight is 269 g/mol. The lowest BCUT2D eigenvalue weighted by atomic mass is 10.1. The van der Waals surface area contributed by atoms with Gasteiger partial charge in [0.25, 0.3) is 0 Å². The fourth-order valence-electron chi connectivity index (χ4n) is 2.07. The zero-order valence-corrected chi connectivity index (χ0v) is 11.6. The van der Waals surface area contributed by atoms with Crippen LogP contribution in [-0.4, -0.2) is 9.97 Å². The van der Waals surface area contributed by atoms with Gasteiger partial charge in [0, 0.05) is 36.2 Å². The van der Waals surface area contributed by atoms with Crippen molar-refractivity contribution in [2.45, 2.75) is 20.0 Å². The molecule has 1 N–H and O–H groups in total. The highest BCUT2D eigenvalue weighted by molar-refractivity contribution is 7.09. The van der Waals surface area contributed by atoms with Gasteiger partial charge in [0.1, 0.15) is 0 Å². The van der Waals surface area contributed by atoms with Gasteiger partial charge in [-0.05, 0) is 30.0 Å². The quantitative estimate of drug-likeness (QED) is 0.789. The number of fused-ring (bicyclic) bond motifs is 1. The molecule has 2 aromatic heterocycles. The molecule has 0 unspecified atom stereocenters. The second-order valence-corrected chi connectivity index (χ2v) is 5.58. The molecule has 0 radical (unpaired) electrons. The Hall–Kier alpha value is -1.78. The van der Waals surface area contributed by atoms with E-state index < -0.39 is 0 Å². The van der Waals surface area contributed by atoms with Gasteiger partial charge in [-0.15, -0.1) is 11.3 Å². The number of aromatic nitrogens is 2. The van der Waals surface area contributed by atoms with Crippen LogP contribution in [-0.2, 0) is 13.1 Å². The highest BCUT2D eigenvalue weighted by Crippen LogP contribution is 2.14. The van der Waals surface area contributed by atoms with E-state index in [-0.39, 0.29) is 0 Å². The molecule has 0 aliphatic carbocycles. The van der Waals surface area contributed by atoms with Gasteiger partial charge in [0.05, 0.1) is 10.7 Å². The molecule has 0 saturated heterocycles. The Balaban J connectivity index is 1.65. The molecule has 0 bridgehead atoms. The van der Waals surface area contributed by atoms with Crippen LogP contribution in [0.2, 0.25) is 0 Å². The number of nitrogens with one attached hydrogen (secondary N) is 1. The van der Waals surface area contributed by atoms with Crippen molar-refractivity contribution in [3.8, 4) is 0 Å². The number of benzene rings is 1. The van der Waals surface area contributed by atoms with Crippen LogP contribution in [0.5, 0.6) is 0 Å². The molecule has 0 atom stereocenters. The number of pyridine rings is 1. The first-order valence-corrected chi connectivity index (χ1v) is 7.13. The van der Waals surface area contributed by atoms with E-state index in [9.17, 15) is 0 Å². The molecule has 0 aliphatic heterocycles. The first-order valence-electron chi connectivity index (χ1n) is 6.26. The van der Waals surface area contributed by atoms with Crippen molar-refractivity contribution < 1.29 is 0 Å². The van der Waals surface area contributed by atoms with Gasteiger partial charge in [-0.25, -0.2) is 4.98 Å². The molecule has 0 spiro atoms. The van der Waals surface area contributed by atoms with Crippen molar-refractivity contribution in [2.24, 2.45) is 0 Å². The van der Waals surface area contributed by atoms with Crippen LogP contribution in [0.3, 0.4) is 0 Å². The summed E-state index contributed by atoms with van der Waals surface area (Å²) in [6, 6.07) is 8.51. The zero-order valence-electron chi connectivity index (χ0n) is 10.8. The van der Waals surface area contributed by atoms with E-state index in [1.807, 2.05) is 25.4 Å². The van der Waals surface area contributed by atoms with E-state index in [0.717, 1.165) is 23.8 Å². The monoisotopic (exact) mass is 269 g/mol. The lowest BCUT2D eigenvalue weighted by Crippen LogP contribution is -2.12. The van der Waals surface area contributed by atoms with Gasteiger partial charge >= 0.3 is 0 Å². The molecular weight excluding hydrogens is 254 g/mol. The second kappa shape index (κ2) is 5.47. The molecule has 1 aromatic carbocycles. The van der Waals surface area contributed by atoms with Crippen molar-refractivity contribution in [2.75, 3.05) is 0 Å². The molecule has 0 aliphatic rings. The zero-order chi connectivity index (χ0) is 13.1. The second-order valence-electron chi connectivity index (χ2n) is 4.52. The third kappa shape index (κ3) is 2.97. The van der Waals surface area contributed by atoms with Crippen LogP contribution in [0.15, 0.2) is 42.0 Å².